The van der Waals surface area contributed by atoms with Crippen molar-refractivity contribution < 1.29 is 22.7 Å². The number of morpholine rings is 1. The van der Waals surface area contributed by atoms with Crippen LogP contribution in [0.25, 0.3) is 0 Å². The molecular formula is C26H41F3N4O2. The van der Waals surface area contributed by atoms with Gasteiger partial charge in [0.15, 0.2) is 0 Å². The number of alkyl halides is 3. The number of hydrogen-bond donors (Lipinski definition) is 1. The third-order valence-corrected chi connectivity index (χ3v) is 8.12. The van der Waals surface area contributed by atoms with Crippen molar-refractivity contribution in [2.24, 2.45) is 5.92 Å². The lowest BCUT2D eigenvalue weighted by Gasteiger charge is -2.40. The largest absolute Gasteiger partial charge is 0.412 e. The van der Waals surface area contributed by atoms with Crippen LogP contribution < -0.4 is 5.32 Å². The molecule has 4 rings (SSSR count). The Morgan fingerprint density at radius 1 is 0.971 bits per heavy atom. The number of piperazine rings is 1. The van der Waals surface area contributed by atoms with Gasteiger partial charge in [0.2, 0.25) is 5.91 Å². The molecule has 1 atom stereocenters. The lowest BCUT2D eigenvalue weighted by molar-refractivity contribution is -0.122. The number of carbonyl (C=O) groups is 1. The van der Waals surface area contributed by atoms with Gasteiger partial charge >= 0.3 is 6.18 Å². The summed E-state index contributed by atoms with van der Waals surface area (Å²) in [5.41, 5.74) is -0.420. The zero-order valence-electron chi connectivity index (χ0n) is 20.8. The van der Waals surface area contributed by atoms with Crippen molar-refractivity contribution in [1.82, 2.24) is 20.0 Å². The molecule has 1 saturated carbocycles. The predicted molar refractivity (Wildman–Crippen MR) is 130 cm³/mol. The molecule has 1 amide bonds. The van der Waals surface area contributed by atoms with E-state index in [1.807, 2.05) is 6.08 Å². The monoisotopic (exact) mass is 498 g/mol. The highest BCUT2D eigenvalue weighted by Crippen LogP contribution is 2.33. The summed E-state index contributed by atoms with van der Waals surface area (Å²) in [7, 11) is 0. The maximum absolute atomic E-state index is 13.1. The van der Waals surface area contributed by atoms with Crippen LogP contribution in [0.4, 0.5) is 13.2 Å². The van der Waals surface area contributed by atoms with Gasteiger partial charge in [-0.1, -0.05) is 18.2 Å². The molecule has 1 unspecified atom stereocenters. The minimum atomic E-state index is -4.23. The Balaban J connectivity index is 1.07. The summed E-state index contributed by atoms with van der Waals surface area (Å²) in [6.07, 6.45) is 6.69. The number of halogens is 3. The van der Waals surface area contributed by atoms with Crippen molar-refractivity contribution >= 4 is 5.91 Å². The van der Waals surface area contributed by atoms with Crippen LogP contribution in [0, 0.1) is 5.92 Å². The van der Waals surface area contributed by atoms with Gasteiger partial charge in [-0.2, -0.15) is 13.2 Å². The second-order valence-electron chi connectivity index (χ2n) is 10.5. The minimum Gasteiger partial charge on any atom is -0.379 e. The molecule has 2 heterocycles. The molecule has 2 aliphatic heterocycles. The van der Waals surface area contributed by atoms with Gasteiger partial charge in [0.1, 0.15) is 0 Å². The first-order valence-electron chi connectivity index (χ1n) is 13.4. The summed E-state index contributed by atoms with van der Waals surface area (Å²) in [4.78, 5) is 19.3. The topological polar surface area (TPSA) is 48.1 Å². The SMILES string of the molecule is O=C(CCN1CCOCC1)NC1CCC(CCN2CCN(C3C=CC=C(C(F)(F)F)C3)CC2)CC1. The average Bonchev–Trinajstić information content (AvgIpc) is 2.88. The zero-order valence-corrected chi connectivity index (χ0v) is 20.8. The Hall–Kier alpha value is -1.42. The first-order valence-corrected chi connectivity index (χ1v) is 13.4. The Bertz CT molecular complexity index is 735. The fourth-order valence-electron chi connectivity index (χ4n) is 5.79. The third-order valence-electron chi connectivity index (χ3n) is 8.12. The molecule has 9 heteroatoms. The average molecular weight is 499 g/mol. The zero-order chi connectivity index (χ0) is 24.7. The van der Waals surface area contributed by atoms with Crippen molar-refractivity contribution in [3.8, 4) is 0 Å². The molecule has 0 aromatic carbocycles. The van der Waals surface area contributed by atoms with E-state index in [9.17, 15) is 18.0 Å². The molecule has 3 fully saturated rings. The first-order chi connectivity index (χ1) is 16.9. The fourth-order valence-corrected chi connectivity index (χ4v) is 5.79. The van der Waals surface area contributed by atoms with Gasteiger partial charge < -0.3 is 15.0 Å². The molecule has 2 saturated heterocycles. The van der Waals surface area contributed by atoms with Gasteiger partial charge in [-0.25, -0.2) is 0 Å². The Morgan fingerprint density at radius 3 is 2.34 bits per heavy atom. The highest BCUT2D eigenvalue weighted by atomic mass is 19.4. The standard InChI is InChI=1S/C26H41F3N4O2/c27-26(28,29)22-2-1-3-24(20-22)33-14-12-31(13-15-33)10-8-21-4-6-23(7-5-21)30-25(34)9-11-32-16-18-35-19-17-32/h1-3,21,23-24H,4-20H2,(H,30,34). The van der Waals surface area contributed by atoms with Gasteiger partial charge in [-0.3, -0.25) is 14.6 Å². The summed E-state index contributed by atoms with van der Waals surface area (Å²) >= 11 is 0. The van der Waals surface area contributed by atoms with Crippen molar-refractivity contribution in [3.63, 3.8) is 0 Å². The van der Waals surface area contributed by atoms with Crippen molar-refractivity contribution in [3.05, 3.63) is 23.8 Å². The molecule has 198 valence electrons. The van der Waals surface area contributed by atoms with Crippen molar-refractivity contribution in [2.45, 2.75) is 63.2 Å². The quantitative estimate of drug-likeness (QED) is 0.557. The summed E-state index contributed by atoms with van der Waals surface area (Å²) in [5.74, 6) is 0.874. The van der Waals surface area contributed by atoms with Gasteiger partial charge in [0, 0.05) is 69.9 Å². The van der Waals surface area contributed by atoms with Crippen LogP contribution in [0.1, 0.15) is 44.9 Å². The van der Waals surface area contributed by atoms with E-state index in [1.54, 1.807) is 6.08 Å². The van der Waals surface area contributed by atoms with E-state index in [4.69, 9.17) is 4.74 Å². The second kappa shape index (κ2) is 12.7. The summed E-state index contributed by atoms with van der Waals surface area (Å²) in [6, 6.07) is 0.171. The number of nitrogens with one attached hydrogen (secondary N) is 1. The Morgan fingerprint density at radius 2 is 1.66 bits per heavy atom. The summed E-state index contributed by atoms with van der Waals surface area (Å²) in [6.45, 7) is 8.72. The van der Waals surface area contributed by atoms with Crippen molar-refractivity contribution in [2.75, 3.05) is 65.6 Å². The van der Waals surface area contributed by atoms with Gasteiger partial charge in [-0.05, 0) is 51.0 Å². The first kappa shape index (κ1) is 26.6. The van der Waals surface area contributed by atoms with Crippen LogP contribution in [0.5, 0.6) is 0 Å². The van der Waals surface area contributed by atoms with E-state index >= 15 is 0 Å². The number of allylic oxidation sites excluding steroid dienone is 2. The van der Waals surface area contributed by atoms with Gasteiger partial charge in [0.05, 0.1) is 13.2 Å². The van der Waals surface area contributed by atoms with Crippen LogP contribution in [0.2, 0.25) is 0 Å². The molecular weight excluding hydrogens is 457 g/mol. The van der Waals surface area contributed by atoms with E-state index in [0.29, 0.717) is 18.4 Å². The van der Waals surface area contributed by atoms with E-state index in [1.165, 1.54) is 12.5 Å². The molecule has 6 nitrogen and oxygen atoms in total. The Kier molecular flexibility index (Phi) is 9.67. The molecule has 0 spiro atoms. The molecule has 4 aliphatic rings. The van der Waals surface area contributed by atoms with Crippen molar-refractivity contribution in [1.29, 1.82) is 0 Å². The van der Waals surface area contributed by atoms with Crippen LogP contribution >= 0.6 is 0 Å². The third kappa shape index (κ3) is 8.30. The van der Waals surface area contributed by atoms with Gasteiger partial charge in [-0.15, -0.1) is 0 Å². The van der Waals surface area contributed by atoms with E-state index in [0.717, 1.165) is 91.3 Å². The van der Waals surface area contributed by atoms with Gasteiger partial charge in [0.25, 0.3) is 0 Å². The molecule has 0 aromatic heterocycles. The highest BCUT2D eigenvalue weighted by Gasteiger charge is 2.37. The molecule has 1 N–H and O–H groups in total. The maximum atomic E-state index is 13.1. The highest BCUT2D eigenvalue weighted by molar-refractivity contribution is 5.76. The summed E-state index contributed by atoms with van der Waals surface area (Å²) in [5, 5.41) is 3.24. The number of ether oxygens (including phenoxy) is 1. The second-order valence-corrected chi connectivity index (χ2v) is 10.5. The predicted octanol–water partition coefficient (Wildman–Crippen LogP) is 3.21. The molecule has 0 bridgehead atoms. The summed E-state index contributed by atoms with van der Waals surface area (Å²) < 4.78 is 44.5. The maximum Gasteiger partial charge on any atom is 0.412 e. The van der Waals surface area contributed by atoms with E-state index in [-0.39, 0.29) is 18.4 Å². The lowest BCUT2D eigenvalue weighted by atomic mass is 9.84. The lowest BCUT2D eigenvalue weighted by Crippen LogP contribution is -2.50. The smallest absolute Gasteiger partial charge is 0.379 e. The number of nitrogens with zero attached hydrogens (tertiary/aromatic N) is 3. The number of hydrogen-bond acceptors (Lipinski definition) is 5. The molecule has 2 aliphatic carbocycles. The molecule has 35 heavy (non-hydrogen) atoms. The van der Waals surface area contributed by atoms with Crippen LogP contribution in [0.3, 0.4) is 0 Å². The van der Waals surface area contributed by atoms with Crippen LogP contribution in [-0.2, 0) is 9.53 Å². The van der Waals surface area contributed by atoms with E-state index < -0.39 is 11.7 Å². The number of carbonyl (C=O) groups excluding carboxylic acids is 1. The Labute approximate surface area is 207 Å². The molecule has 0 radical (unpaired) electrons. The minimum absolute atomic E-state index is 0.0625. The van der Waals surface area contributed by atoms with E-state index in [2.05, 4.69) is 20.0 Å². The normalized spacial score (nSPS) is 29.7. The van der Waals surface area contributed by atoms with Crippen LogP contribution in [0.15, 0.2) is 23.8 Å². The fraction of sp³-hybridized carbons (Fsp3) is 0.808. The number of rotatable bonds is 8. The number of amides is 1. The molecule has 0 aromatic rings. The van der Waals surface area contributed by atoms with Crippen LogP contribution in [-0.4, -0.2) is 104 Å².